The lowest BCUT2D eigenvalue weighted by molar-refractivity contribution is 0.112. The molecule has 0 aromatic heterocycles. The molecule has 1 aliphatic rings. The predicted octanol–water partition coefficient (Wildman–Crippen LogP) is 4.13. The Morgan fingerprint density at radius 2 is 1.82 bits per heavy atom. The van der Waals surface area contributed by atoms with E-state index in [1.165, 1.54) is 0 Å². The first-order valence-corrected chi connectivity index (χ1v) is 7.05. The fourth-order valence-corrected chi connectivity index (χ4v) is 2.48. The molecule has 0 atom stereocenters. The number of hydrogen-bond acceptors (Lipinski definition) is 3. The second-order valence-corrected chi connectivity index (χ2v) is 5.22. The van der Waals surface area contributed by atoms with Gasteiger partial charge in [0.15, 0.2) is 0 Å². The summed E-state index contributed by atoms with van der Waals surface area (Å²) in [4.78, 5) is 15.2. The van der Waals surface area contributed by atoms with Crippen LogP contribution in [0.5, 0.6) is 0 Å². The fraction of sp³-hybridized carbons (Fsp3) is 0.0526. The molecule has 0 saturated heterocycles. The molecule has 0 aliphatic carbocycles. The van der Waals surface area contributed by atoms with Gasteiger partial charge in [0, 0.05) is 17.5 Å². The Hall–Kier alpha value is -2.94. The maximum Gasteiger partial charge on any atom is 0.150 e. The Bertz CT molecular complexity index is 799. The molecular weight excluding hydrogens is 272 g/mol. The minimum Gasteiger partial charge on any atom is -0.387 e. The Kier molecular flexibility index (Phi) is 3.71. The first-order valence-electron chi connectivity index (χ1n) is 7.05. The Morgan fingerprint density at radius 3 is 2.50 bits per heavy atom. The van der Waals surface area contributed by atoms with Crippen molar-refractivity contribution in [1.82, 2.24) is 0 Å². The average Bonchev–Trinajstić information content (AvgIpc) is 2.71. The highest BCUT2D eigenvalue weighted by molar-refractivity contribution is 5.91. The zero-order chi connectivity index (χ0) is 15.5. The molecule has 2 N–H and O–H groups in total. The fourth-order valence-electron chi connectivity index (χ4n) is 2.48. The van der Waals surface area contributed by atoms with Gasteiger partial charge in [0.05, 0.1) is 5.69 Å². The van der Waals surface area contributed by atoms with Crippen LogP contribution in [0.25, 0.3) is 17.2 Å². The van der Waals surface area contributed by atoms with Gasteiger partial charge in [0.1, 0.15) is 12.1 Å². The summed E-state index contributed by atoms with van der Waals surface area (Å²) >= 11 is 0. The Morgan fingerprint density at radius 1 is 1.09 bits per heavy atom. The molecule has 0 radical (unpaired) electrons. The highest BCUT2D eigenvalue weighted by Crippen LogP contribution is 2.31. The van der Waals surface area contributed by atoms with E-state index in [9.17, 15) is 4.79 Å². The zero-order valence-electron chi connectivity index (χ0n) is 12.1. The van der Waals surface area contributed by atoms with E-state index in [1.54, 1.807) is 12.1 Å². The van der Waals surface area contributed by atoms with Crippen molar-refractivity contribution in [3.63, 3.8) is 0 Å². The molecule has 1 aliphatic heterocycles. The summed E-state index contributed by atoms with van der Waals surface area (Å²) in [5, 5.41) is 0. The molecule has 0 saturated carbocycles. The van der Waals surface area contributed by atoms with E-state index < -0.39 is 0 Å². The Labute approximate surface area is 129 Å². The molecule has 22 heavy (non-hydrogen) atoms. The molecule has 0 bridgehead atoms. The third-order valence-electron chi connectivity index (χ3n) is 3.66. The highest BCUT2D eigenvalue weighted by atomic mass is 16.1. The molecule has 3 heteroatoms. The van der Waals surface area contributed by atoms with Crippen LogP contribution in [0.3, 0.4) is 0 Å². The number of fused-ring (bicyclic) bond motifs is 1. The van der Waals surface area contributed by atoms with Crippen LogP contribution >= 0.6 is 0 Å². The third kappa shape index (κ3) is 2.74. The number of amidine groups is 1. The predicted molar refractivity (Wildman–Crippen MR) is 91.3 cm³/mol. The van der Waals surface area contributed by atoms with Gasteiger partial charge in [-0.1, -0.05) is 49.1 Å². The quantitative estimate of drug-likeness (QED) is 0.863. The maximum atomic E-state index is 10.7. The van der Waals surface area contributed by atoms with Crippen molar-refractivity contribution in [2.45, 2.75) is 6.42 Å². The van der Waals surface area contributed by atoms with E-state index in [4.69, 9.17) is 5.73 Å². The minimum atomic E-state index is 0.582. The number of rotatable bonds is 3. The lowest BCUT2D eigenvalue weighted by Gasteiger charge is -2.06. The van der Waals surface area contributed by atoms with Crippen LogP contribution in [0, 0.1) is 0 Å². The maximum absolute atomic E-state index is 10.7. The van der Waals surface area contributed by atoms with Gasteiger partial charge >= 0.3 is 0 Å². The normalized spacial score (nSPS) is 13.5. The van der Waals surface area contributed by atoms with E-state index in [2.05, 4.69) is 17.6 Å². The number of aldehydes is 1. The zero-order valence-corrected chi connectivity index (χ0v) is 12.1. The van der Waals surface area contributed by atoms with E-state index in [1.807, 2.05) is 36.4 Å². The molecule has 0 fully saturated rings. The largest absolute Gasteiger partial charge is 0.387 e. The van der Waals surface area contributed by atoms with Crippen LogP contribution in [0.15, 0.2) is 65.7 Å². The number of nitrogens with two attached hydrogens (primary N) is 1. The molecule has 3 rings (SSSR count). The SMILES string of the molecule is C=CC1=Cc2ccc(-c3ccc(C=O)cc3)cc2N=C(N)C1. The van der Waals surface area contributed by atoms with E-state index >= 15 is 0 Å². The van der Waals surface area contributed by atoms with Crippen molar-refractivity contribution < 1.29 is 4.79 Å². The van der Waals surface area contributed by atoms with Gasteiger partial charge in [-0.3, -0.25) is 4.79 Å². The van der Waals surface area contributed by atoms with Crippen molar-refractivity contribution in [3.8, 4) is 11.1 Å². The first-order chi connectivity index (χ1) is 10.7. The summed E-state index contributed by atoms with van der Waals surface area (Å²) in [6, 6.07) is 13.6. The molecule has 0 unspecified atom stereocenters. The minimum absolute atomic E-state index is 0.582. The summed E-state index contributed by atoms with van der Waals surface area (Å²) in [6.07, 6.45) is 5.32. The van der Waals surface area contributed by atoms with Crippen LogP contribution in [0.2, 0.25) is 0 Å². The van der Waals surface area contributed by atoms with E-state index in [-0.39, 0.29) is 0 Å². The number of aliphatic imine (C=N–C) groups is 1. The lowest BCUT2D eigenvalue weighted by atomic mass is 10.0. The van der Waals surface area contributed by atoms with Gasteiger partial charge in [-0.15, -0.1) is 0 Å². The van der Waals surface area contributed by atoms with Gasteiger partial charge in [-0.05, 0) is 28.8 Å². The lowest BCUT2D eigenvalue weighted by Crippen LogP contribution is -2.10. The van der Waals surface area contributed by atoms with Crippen LogP contribution in [0.4, 0.5) is 5.69 Å². The summed E-state index contributed by atoms with van der Waals surface area (Å²) < 4.78 is 0. The smallest absolute Gasteiger partial charge is 0.150 e. The average molecular weight is 288 g/mol. The molecule has 0 amide bonds. The molecule has 108 valence electrons. The molecule has 0 spiro atoms. The van der Waals surface area contributed by atoms with Gasteiger partial charge in [-0.25, -0.2) is 4.99 Å². The van der Waals surface area contributed by atoms with Gasteiger partial charge in [0.25, 0.3) is 0 Å². The summed E-state index contributed by atoms with van der Waals surface area (Å²) in [7, 11) is 0. The highest BCUT2D eigenvalue weighted by Gasteiger charge is 2.09. The molecular formula is C19H16N2O. The number of benzene rings is 2. The number of allylic oxidation sites excluding steroid dienone is 1. The summed E-state index contributed by atoms with van der Waals surface area (Å²) in [5.74, 6) is 0.582. The second-order valence-electron chi connectivity index (χ2n) is 5.22. The number of hydrogen-bond donors (Lipinski definition) is 1. The molecule has 3 nitrogen and oxygen atoms in total. The first kappa shape index (κ1) is 14.0. The van der Waals surface area contributed by atoms with Crippen LogP contribution in [0.1, 0.15) is 22.3 Å². The van der Waals surface area contributed by atoms with Gasteiger partial charge in [0.2, 0.25) is 0 Å². The standard InChI is InChI=1S/C19H16N2O/c1-2-13-9-17-8-7-16(11-18(17)21-19(20)10-13)15-5-3-14(12-22)4-6-15/h2-9,11-12H,1,10H2,(H2,20,21). The van der Waals surface area contributed by atoms with Crippen molar-refractivity contribution in [3.05, 3.63) is 71.8 Å². The van der Waals surface area contributed by atoms with Crippen LogP contribution < -0.4 is 5.73 Å². The van der Waals surface area contributed by atoms with E-state index in [0.717, 1.165) is 34.2 Å². The Balaban J connectivity index is 2.06. The van der Waals surface area contributed by atoms with Gasteiger partial charge in [-0.2, -0.15) is 0 Å². The third-order valence-corrected chi connectivity index (χ3v) is 3.66. The monoisotopic (exact) mass is 288 g/mol. The van der Waals surface area contributed by atoms with Crippen molar-refractivity contribution in [1.29, 1.82) is 0 Å². The second kappa shape index (κ2) is 5.82. The molecule has 2 aromatic rings. The summed E-state index contributed by atoms with van der Waals surface area (Å²) in [5.41, 5.74) is 11.7. The van der Waals surface area contributed by atoms with Crippen LogP contribution in [-0.2, 0) is 0 Å². The molecule has 2 aromatic carbocycles. The summed E-state index contributed by atoms with van der Waals surface area (Å²) in [6.45, 7) is 3.81. The topological polar surface area (TPSA) is 55.5 Å². The van der Waals surface area contributed by atoms with Gasteiger partial charge < -0.3 is 5.73 Å². The molecule has 1 heterocycles. The number of nitrogens with zero attached hydrogens (tertiary/aromatic N) is 1. The number of carbonyl (C=O) groups excluding carboxylic acids is 1. The van der Waals surface area contributed by atoms with Crippen LogP contribution in [-0.4, -0.2) is 12.1 Å². The van der Waals surface area contributed by atoms with E-state index in [0.29, 0.717) is 17.8 Å². The van der Waals surface area contributed by atoms with Crippen molar-refractivity contribution in [2.75, 3.05) is 0 Å². The number of carbonyl (C=O) groups is 1. The van der Waals surface area contributed by atoms with Crippen molar-refractivity contribution >= 4 is 23.9 Å². The van der Waals surface area contributed by atoms with Crippen molar-refractivity contribution in [2.24, 2.45) is 10.7 Å².